The van der Waals surface area contributed by atoms with E-state index < -0.39 is 0 Å². The van der Waals surface area contributed by atoms with Crippen molar-refractivity contribution in [3.8, 4) is 5.75 Å². The molecule has 0 atom stereocenters. The van der Waals surface area contributed by atoms with E-state index in [0.29, 0.717) is 0 Å². The zero-order valence-corrected chi connectivity index (χ0v) is 13.8. The first-order valence-corrected chi connectivity index (χ1v) is 8.56. The summed E-state index contributed by atoms with van der Waals surface area (Å²) in [5.41, 5.74) is 0.719. The summed E-state index contributed by atoms with van der Waals surface area (Å²) in [5.74, 6) is 0.924. The number of carbonyl (C=O) groups is 1. The predicted octanol–water partition coefficient (Wildman–Crippen LogP) is 2.07. The van der Waals surface area contributed by atoms with E-state index in [1.807, 2.05) is 36.2 Å². The first kappa shape index (κ1) is 16.3. The fraction of sp³-hybridized carbons (Fsp3) is 0.611. The molecule has 5 nitrogen and oxygen atoms in total. The molecular formula is C18H26N2O3. The van der Waals surface area contributed by atoms with E-state index in [9.17, 15) is 4.79 Å². The van der Waals surface area contributed by atoms with Crippen molar-refractivity contribution in [2.45, 2.75) is 37.8 Å². The standard InChI is InChI=1S/C18H26N2O3/c1-20(15-8-12-22-13-9-15)18(21)14-2-4-16(5-3-14)23-17-6-10-19-11-7-17/h2-5,15,17,19H,6-13H2,1H3. The Morgan fingerprint density at radius 1 is 1.13 bits per heavy atom. The highest BCUT2D eigenvalue weighted by atomic mass is 16.5. The van der Waals surface area contributed by atoms with Crippen LogP contribution in [0.5, 0.6) is 5.75 Å². The second kappa shape index (κ2) is 7.79. The molecule has 2 aliphatic rings. The van der Waals surface area contributed by atoms with E-state index in [1.165, 1.54) is 0 Å². The maximum absolute atomic E-state index is 12.6. The summed E-state index contributed by atoms with van der Waals surface area (Å²) >= 11 is 0. The molecule has 23 heavy (non-hydrogen) atoms. The average Bonchev–Trinajstić information content (AvgIpc) is 2.63. The Labute approximate surface area is 137 Å². The van der Waals surface area contributed by atoms with Gasteiger partial charge in [0.2, 0.25) is 0 Å². The predicted molar refractivity (Wildman–Crippen MR) is 88.9 cm³/mol. The number of amides is 1. The van der Waals surface area contributed by atoms with Gasteiger partial charge in [-0.1, -0.05) is 0 Å². The second-order valence-corrected chi connectivity index (χ2v) is 6.35. The molecule has 0 radical (unpaired) electrons. The third-order valence-electron chi connectivity index (χ3n) is 4.75. The zero-order chi connectivity index (χ0) is 16.1. The van der Waals surface area contributed by atoms with Crippen LogP contribution in [0.25, 0.3) is 0 Å². The fourth-order valence-electron chi connectivity index (χ4n) is 3.22. The first-order chi connectivity index (χ1) is 11.2. The minimum Gasteiger partial charge on any atom is -0.490 e. The van der Waals surface area contributed by atoms with Gasteiger partial charge >= 0.3 is 0 Å². The Morgan fingerprint density at radius 2 is 1.78 bits per heavy atom. The summed E-state index contributed by atoms with van der Waals surface area (Å²) in [7, 11) is 1.89. The summed E-state index contributed by atoms with van der Waals surface area (Å²) in [6.07, 6.45) is 4.18. The molecule has 3 rings (SSSR count). The quantitative estimate of drug-likeness (QED) is 0.923. The maximum Gasteiger partial charge on any atom is 0.253 e. The van der Waals surface area contributed by atoms with Gasteiger partial charge in [0, 0.05) is 31.9 Å². The van der Waals surface area contributed by atoms with E-state index >= 15 is 0 Å². The highest BCUT2D eigenvalue weighted by molar-refractivity contribution is 5.94. The number of carbonyl (C=O) groups excluding carboxylic acids is 1. The van der Waals surface area contributed by atoms with E-state index in [2.05, 4.69) is 5.32 Å². The van der Waals surface area contributed by atoms with Crippen molar-refractivity contribution in [3.05, 3.63) is 29.8 Å². The molecule has 0 aliphatic carbocycles. The van der Waals surface area contributed by atoms with E-state index in [4.69, 9.17) is 9.47 Å². The summed E-state index contributed by atoms with van der Waals surface area (Å²) in [4.78, 5) is 14.4. The smallest absolute Gasteiger partial charge is 0.253 e. The molecule has 1 aromatic carbocycles. The lowest BCUT2D eigenvalue weighted by atomic mass is 10.1. The molecule has 0 aromatic heterocycles. The number of piperidine rings is 1. The number of hydrogen-bond donors (Lipinski definition) is 1. The van der Waals surface area contributed by atoms with Gasteiger partial charge in [0.1, 0.15) is 11.9 Å². The van der Waals surface area contributed by atoms with Gasteiger partial charge in [-0.3, -0.25) is 4.79 Å². The van der Waals surface area contributed by atoms with Crippen LogP contribution in [-0.4, -0.2) is 56.3 Å². The van der Waals surface area contributed by atoms with E-state index in [1.54, 1.807) is 0 Å². The molecule has 0 unspecified atom stereocenters. The lowest BCUT2D eigenvalue weighted by Gasteiger charge is -2.31. The van der Waals surface area contributed by atoms with Gasteiger partial charge in [-0.25, -0.2) is 0 Å². The van der Waals surface area contributed by atoms with Crippen LogP contribution >= 0.6 is 0 Å². The number of hydrogen-bond acceptors (Lipinski definition) is 4. The van der Waals surface area contributed by atoms with Crippen molar-refractivity contribution >= 4 is 5.91 Å². The van der Waals surface area contributed by atoms with Crippen LogP contribution in [0.15, 0.2) is 24.3 Å². The average molecular weight is 318 g/mol. The number of nitrogens with zero attached hydrogens (tertiary/aromatic N) is 1. The van der Waals surface area contributed by atoms with E-state index in [0.717, 1.165) is 63.3 Å². The molecule has 2 aliphatic heterocycles. The van der Waals surface area contributed by atoms with Gasteiger partial charge in [-0.05, 0) is 63.0 Å². The monoisotopic (exact) mass is 318 g/mol. The Morgan fingerprint density at radius 3 is 2.43 bits per heavy atom. The van der Waals surface area contributed by atoms with Crippen molar-refractivity contribution in [2.75, 3.05) is 33.4 Å². The topological polar surface area (TPSA) is 50.8 Å². The maximum atomic E-state index is 12.6. The number of nitrogens with one attached hydrogen (secondary N) is 1. The third kappa shape index (κ3) is 4.24. The highest BCUT2D eigenvalue weighted by Gasteiger charge is 2.23. The molecule has 2 fully saturated rings. The Hall–Kier alpha value is -1.59. The normalized spacial score (nSPS) is 20.2. The number of rotatable bonds is 4. The molecular weight excluding hydrogens is 292 g/mol. The fourth-order valence-corrected chi connectivity index (χ4v) is 3.22. The molecule has 2 heterocycles. The number of benzene rings is 1. The van der Waals surface area contributed by atoms with Crippen molar-refractivity contribution in [1.82, 2.24) is 10.2 Å². The molecule has 1 N–H and O–H groups in total. The molecule has 1 amide bonds. The van der Waals surface area contributed by atoms with Gasteiger partial charge in [0.05, 0.1) is 0 Å². The molecule has 5 heteroatoms. The van der Waals surface area contributed by atoms with Crippen molar-refractivity contribution in [1.29, 1.82) is 0 Å². The molecule has 0 spiro atoms. The molecule has 126 valence electrons. The highest BCUT2D eigenvalue weighted by Crippen LogP contribution is 2.20. The van der Waals surface area contributed by atoms with Crippen molar-refractivity contribution < 1.29 is 14.3 Å². The van der Waals surface area contributed by atoms with Crippen LogP contribution in [0.2, 0.25) is 0 Å². The van der Waals surface area contributed by atoms with Crippen LogP contribution in [0.4, 0.5) is 0 Å². The lowest BCUT2D eigenvalue weighted by molar-refractivity contribution is 0.0362. The van der Waals surface area contributed by atoms with Crippen LogP contribution in [0.1, 0.15) is 36.0 Å². The van der Waals surface area contributed by atoms with Gasteiger partial charge in [-0.15, -0.1) is 0 Å². The molecule has 0 saturated carbocycles. The summed E-state index contributed by atoms with van der Waals surface area (Å²) < 4.78 is 11.3. The SMILES string of the molecule is CN(C(=O)c1ccc(OC2CCNCC2)cc1)C1CCOCC1. The zero-order valence-electron chi connectivity index (χ0n) is 13.8. The molecule has 1 aromatic rings. The Balaban J connectivity index is 1.58. The molecule has 2 saturated heterocycles. The van der Waals surface area contributed by atoms with Gasteiger partial charge < -0.3 is 19.7 Å². The van der Waals surface area contributed by atoms with Crippen LogP contribution < -0.4 is 10.1 Å². The van der Waals surface area contributed by atoms with Gasteiger partial charge in [0.15, 0.2) is 0 Å². The minimum absolute atomic E-state index is 0.0744. The van der Waals surface area contributed by atoms with Crippen LogP contribution in [0, 0.1) is 0 Å². The second-order valence-electron chi connectivity index (χ2n) is 6.35. The largest absolute Gasteiger partial charge is 0.490 e. The van der Waals surface area contributed by atoms with Crippen molar-refractivity contribution in [3.63, 3.8) is 0 Å². The van der Waals surface area contributed by atoms with Crippen molar-refractivity contribution in [2.24, 2.45) is 0 Å². The Bertz CT molecular complexity index is 506. The van der Waals surface area contributed by atoms with E-state index in [-0.39, 0.29) is 18.1 Å². The summed E-state index contributed by atoms with van der Waals surface area (Å²) in [5, 5.41) is 3.33. The number of ether oxygens (including phenoxy) is 2. The summed E-state index contributed by atoms with van der Waals surface area (Å²) in [6.45, 7) is 3.50. The van der Waals surface area contributed by atoms with Gasteiger partial charge in [0.25, 0.3) is 5.91 Å². The van der Waals surface area contributed by atoms with Crippen LogP contribution in [0.3, 0.4) is 0 Å². The molecule has 0 bridgehead atoms. The minimum atomic E-state index is 0.0744. The third-order valence-corrected chi connectivity index (χ3v) is 4.75. The van der Waals surface area contributed by atoms with Gasteiger partial charge in [-0.2, -0.15) is 0 Å². The lowest BCUT2D eigenvalue weighted by Crippen LogP contribution is -2.40. The van der Waals surface area contributed by atoms with Crippen LogP contribution in [-0.2, 0) is 4.74 Å². The summed E-state index contributed by atoms with van der Waals surface area (Å²) in [6, 6.07) is 7.84. The Kier molecular flexibility index (Phi) is 5.51. The first-order valence-electron chi connectivity index (χ1n) is 8.56.